The zero-order valence-electron chi connectivity index (χ0n) is 8.98. The topological polar surface area (TPSA) is 48.3 Å². The van der Waals surface area contributed by atoms with Crippen LogP contribution < -0.4 is 5.32 Å². The first-order chi connectivity index (χ1) is 7.36. The summed E-state index contributed by atoms with van der Waals surface area (Å²) in [4.78, 5) is 0. The average Bonchev–Trinajstić information content (AvgIpc) is 2.66. The third-order valence-electron chi connectivity index (χ3n) is 2.57. The van der Waals surface area contributed by atoms with Crippen molar-refractivity contribution in [3.63, 3.8) is 0 Å². The number of hydrogen-bond donors (Lipinski definition) is 1. The van der Waals surface area contributed by atoms with Gasteiger partial charge in [-0.2, -0.15) is 5.10 Å². The van der Waals surface area contributed by atoms with Crippen molar-refractivity contribution in [2.45, 2.75) is 19.1 Å². The lowest BCUT2D eigenvalue weighted by Crippen LogP contribution is -2.34. The molecule has 1 N–H and O–H groups in total. The predicted octanol–water partition coefficient (Wildman–Crippen LogP) is 0.273. The smallest absolute Gasteiger partial charge is 0.147 e. The lowest BCUT2D eigenvalue weighted by molar-refractivity contribution is -0.137. The number of hydrogen-bond acceptors (Lipinski definition) is 4. The van der Waals surface area contributed by atoms with E-state index in [2.05, 4.69) is 10.4 Å². The second-order valence-corrected chi connectivity index (χ2v) is 3.68. The zero-order chi connectivity index (χ0) is 10.5. The van der Waals surface area contributed by atoms with Crippen molar-refractivity contribution < 1.29 is 9.47 Å². The normalized spacial score (nSPS) is 21.8. The van der Waals surface area contributed by atoms with Gasteiger partial charge in [-0.1, -0.05) is 0 Å². The molecular weight excluding hydrogens is 194 g/mol. The second kappa shape index (κ2) is 5.25. The average molecular weight is 211 g/mol. The molecule has 5 nitrogen and oxygen atoms in total. The van der Waals surface area contributed by atoms with E-state index in [0.717, 1.165) is 26.1 Å². The Hall–Kier alpha value is -0.910. The molecule has 1 saturated heterocycles. The van der Waals surface area contributed by atoms with E-state index in [1.54, 1.807) is 0 Å². The summed E-state index contributed by atoms with van der Waals surface area (Å²) in [6, 6.07) is 2.01. The Morgan fingerprint density at radius 3 is 3.27 bits per heavy atom. The summed E-state index contributed by atoms with van der Waals surface area (Å²) < 4.78 is 12.4. The first-order valence-electron chi connectivity index (χ1n) is 5.23. The van der Waals surface area contributed by atoms with E-state index >= 15 is 0 Å². The van der Waals surface area contributed by atoms with Crippen LogP contribution in [0, 0.1) is 0 Å². The van der Waals surface area contributed by atoms with E-state index < -0.39 is 0 Å². The Morgan fingerprint density at radius 2 is 2.60 bits per heavy atom. The van der Waals surface area contributed by atoms with Crippen LogP contribution in [0.1, 0.15) is 12.1 Å². The lowest BCUT2D eigenvalue weighted by Gasteiger charge is -2.22. The van der Waals surface area contributed by atoms with Crippen molar-refractivity contribution in [3.8, 4) is 0 Å². The number of ether oxygens (including phenoxy) is 2. The Labute approximate surface area is 89.4 Å². The SMILES string of the molecule is Cn1nccc1CNCC1CCOCO1. The summed E-state index contributed by atoms with van der Waals surface area (Å²) in [5.41, 5.74) is 1.18. The molecular formula is C10H17N3O2. The molecule has 84 valence electrons. The molecule has 0 saturated carbocycles. The molecule has 5 heteroatoms. The molecule has 1 atom stereocenters. The van der Waals surface area contributed by atoms with Gasteiger partial charge in [0.05, 0.1) is 18.4 Å². The molecule has 2 rings (SSSR count). The summed E-state index contributed by atoms with van der Waals surface area (Å²) in [6.07, 6.45) is 3.06. The maximum Gasteiger partial charge on any atom is 0.147 e. The molecule has 15 heavy (non-hydrogen) atoms. The fraction of sp³-hybridized carbons (Fsp3) is 0.700. The van der Waals surface area contributed by atoms with Crippen molar-refractivity contribution in [1.82, 2.24) is 15.1 Å². The fourth-order valence-electron chi connectivity index (χ4n) is 1.60. The van der Waals surface area contributed by atoms with E-state index in [1.165, 1.54) is 5.69 Å². The molecule has 0 aliphatic carbocycles. The van der Waals surface area contributed by atoms with E-state index in [0.29, 0.717) is 6.79 Å². The van der Waals surface area contributed by atoms with Crippen LogP contribution in [-0.2, 0) is 23.1 Å². The Morgan fingerprint density at radius 1 is 1.67 bits per heavy atom. The molecule has 0 amide bonds. The van der Waals surface area contributed by atoms with Gasteiger partial charge in [0.15, 0.2) is 0 Å². The van der Waals surface area contributed by atoms with Gasteiger partial charge >= 0.3 is 0 Å². The minimum atomic E-state index is 0.284. The highest BCUT2D eigenvalue weighted by Crippen LogP contribution is 2.05. The first kappa shape index (κ1) is 10.6. The van der Waals surface area contributed by atoms with Gasteiger partial charge in [-0.25, -0.2) is 0 Å². The van der Waals surface area contributed by atoms with Gasteiger partial charge < -0.3 is 14.8 Å². The minimum absolute atomic E-state index is 0.284. The molecule has 0 spiro atoms. The van der Waals surface area contributed by atoms with Crippen molar-refractivity contribution >= 4 is 0 Å². The highest BCUT2D eigenvalue weighted by molar-refractivity contribution is 4.99. The summed E-state index contributed by atoms with van der Waals surface area (Å²) in [5.74, 6) is 0. The number of aromatic nitrogens is 2. The van der Waals surface area contributed by atoms with E-state index in [9.17, 15) is 0 Å². The minimum Gasteiger partial charge on any atom is -0.355 e. The number of rotatable bonds is 4. The molecule has 1 aromatic heterocycles. The number of nitrogens with zero attached hydrogens (tertiary/aromatic N) is 2. The third kappa shape index (κ3) is 3.02. The molecule has 0 radical (unpaired) electrons. The fourth-order valence-corrected chi connectivity index (χ4v) is 1.60. The van der Waals surface area contributed by atoms with Crippen molar-refractivity contribution in [1.29, 1.82) is 0 Å². The molecule has 0 aromatic carbocycles. The largest absolute Gasteiger partial charge is 0.355 e. The molecule has 1 fully saturated rings. The summed E-state index contributed by atoms with van der Waals surface area (Å²) in [5, 5.41) is 7.46. The van der Waals surface area contributed by atoms with E-state index in [1.807, 2.05) is 24.0 Å². The molecule has 1 unspecified atom stereocenters. The van der Waals surface area contributed by atoms with Gasteiger partial charge in [0, 0.05) is 26.3 Å². The standard InChI is InChI=1S/C10H17N3O2/c1-13-9(2-4-12-13)6-11-7-10-3-5-14-8-15-10/h2,4,10-11H,3,5-8H2,1H3. The van der Waals surface area contributed by atoms with Crippen LogP contribution in [-0.4, -0.2) is 35.8 Å². The third-order valence-corrected chi connectivity index (χ3v) is 2.57. The molecule has 2 heterocycles. The van der Waals surface area contributed by atoms with Gasteiger partial charge in [-0.3, -0.25) is 4.68 Å². The van der Waals surface area contributed by atoms with Crippen molar-refractivity contribution in [2.24, 2.45) is 7.05 Å². The van der Waals surface area contributed by atoms with Gasteiger partial charge in [0.2, 0.25) is 0 Å². The van der Waals surface area contributed by atoms with Gasteiger partial charge in [-0.15, -0.1) is 0 Å². The van der Waals surface area contributed by atoms with Crippen LogP contribution in [0.2, 0.25) is 0 Å². The van der Waals surface area contributed by atoms with Gasteiger partial charge in [0.1, 0.15) is 6.79 Å². The summed E-state index contributed by atoms with van der Waals surface area (Å²) in [6.45, 7) is 2.93. The summed E-state index contributed by atoms with van der Waals surface area (Å²) in [7, 11) is 1.95. The number of nitrogens with one attached hydrogen (secondary N) is 1. The maximum absolute atomic E-state index is 5.42. The maximum atomic E-state index is 5.42. The lowest BCUT2D eigenvalue weighted by atomic mass is 10.2. The highest BCUT2D eigenvalue weighted by Gasteiger charge is 2.13. The highest BCUT2D eigenvalue weighted by atomic mass is 16.7. The predicted molar refractivity (Wildman–Crippen MR) is 55.2 cm³/mol. The van der Waals surface area contributed by atoms with Crippen LogP contribution in [0.5, 0.6) is 0 Å². The van der Waals surface area contributed by atoms with Crippen molar-refractivity contribution in [2.75, 3.05) is 19.9 Å². The Bertz CT molecular complexity index is 295. The van der Waals surface area contributed by atoms with Crippen LogP contribution >= 0.6 is 0 Å². The molecule has 0 bridgehead atoms. The van der Waals surface area contributed by atoms with Crippen LogP contribution in [0.4, 0.5) is 0 Å². The Balaban J connectivity index is 1.68. The molecule has 1 aliphatic heterocycles. The zero-order valence-corrected chi connectivity index (χ0v) is 8.98. The summed E-state index contributed by atoms with van der Waals surface area (Å²) >= 11 is 0. The van der Waals surface area contributed by atoms with Crippen LogP contribution in [0.3, 0.4) is 0 Å². The molecule has 1 aromatic rings. The quantitative estimate of drug-likeness (QED) is 0.776. The second-order valence-electron chi connectivity index (χ2n) is 3.68. The number of aryl methyl sites for hydroxylation is 1. The van der Waals surface area contributed by atoms with E-state index in [-0.39, 0.29) is 6.10 Å². The Kier molecular flexibility index (Phi) is 3.71. The van der Waals surface area contributed by atoms with Gasteiger partial charge in [-0.05, 0) is 12.5 Å². The van der Waals surface area contributed by atoms with Crippen LogP contribution in [0.25, 0.3) is 0 Å². The first-order valence-corrected chi connectivity index (χ1v) is 5.23. The van der Waals surface area contributed by atoms with Gasteiger partial charge in [0.25, 0.3) is 0 Å². The van der Waals surface area contributed by atoms with Crippen molar-refractivity contribution in [3.05, 3.63) is 18.0 Å². The molecule has 1 aliphatic rings. The monoisotopic (exact) mass is 211 g/mol. The van der Waals surface area contributed by atoms with E-state index in [4.69, 9.17) is 9.47 Å². The van der Waals surface area contributed by atoms with Crippen LogP contribution in [0.15, 0.2) is 12.3 Å².